The summed E-state index contributed by atoms with van der Waals surface area (Å²) in [5, 5.41) is 0.207. The first kappa shape index (κ1) is 23.9. The highest BCUT2D eigenvalue weighted by molar-refractivity contribution is 8.18. The minimum absolute atomic E-state index is 0.00765. The number of benzene rings is 3. The van der Waals surface area contributed by atoms with E-state index in [2.05, 4.69) is 0 Å². The van der Waals surface area contributed by atoms with E-state index in [9.17, 15) is 18.0 Å². The number of carbonyl (C=O) groups excluding carboxylic acids is 2. The van der Waals surface area contributed by atoms with Crippen molar-refractivity contribution in [2.24, 2.45) is 0 Å². The van der Waals surface area contributed by atoms with Crippen molar-refractivity contribution in [3.8, 4) is 11.5 Å². The van der Waals surface area contributed by atoms with Gasteiger partial charge in [-0.25, -0.2) is 0 Å². The van der Waals surface area contributed by atoms with Crippen LogP contribution in [0.25, 0.3) is 6.08 Å². The van der Waals surface area contributed by atoms with Gasteiger partial charge in [-0.15, -0.1) is 0 Å². The summed E-state index contributed by atoms with van der Waals surface area (Å²) in [4.78, 5) is 26.5. The quantitative estimate of drug-likeness (QED) is 0.309. The number of thioether (sulfide) groups is 1. The van der Waals surface area contributed by atoms with Crippen LogP contribution in [0, 0.1) is 0 Å². The number of rotatable bonds is 7. The van der Waals surface area contributed by atoms with Crippen molar-refractivity contribution in [2.75, 3.05) is 7.11 Å². The molecule has 0 spiro atoms. The maximum Gasteiger partial charge on any atom is 0.339 e. The zero-order chi connectivity index (χ0) is 24.3. The topological polar surface area (TPSA) is 90.0 Å². The maximum atomic E-state index is 12.7. The minimum Gasteiger partial charge on any atom is -0.497 e. The molecule has 10 heteroatoms. The number of hydrogen-bond donors (Lipinski definition) is 0. The van der Waals surface area contributed by atoms with Crippen LogP contribution in [-0.2, 0) is 21.5 Å². The van der Waals surface area contributed by atoms with Crippen molar-refractivity contribution in [3.63, 3.8) is 0 Å². The van der Waals surface area contributed by atoms with Crippen molar-refractivity contribution >= 4 is 50.7 Å². The molecule has 3 aromatic carbocycles. The molecule has 174 valence electrons. The first-order chi connectivity index (χ1) is 16.2. The van der Waals surface area contributed by atoms with Crippen molar-refractivity contribution in [2.45, 2.75) is 11.4 Å². The van der Waals surface area contributed by atoms with E-state index in [1.165, 1.54) is 48.4 Å². The molecule has 1 aliphatic heterocycles. The number of imide groups is 1. The van der Waals surface area contributed by atoms with Gasteiger partial charge in [0.15, 0.2) is 0 Å². The molecule has 7 nitrogen and oxygen atoms in total. The zero-order valence-electron chi connectivity index (χ0n) is 17.8. The molecule has 0 saturated carbocycles. The summed E-state index contributed by atoms with van der Waals surface area (Å²) in [5.41, 5.74) is 1.40. The minimum atomic E-state index is -4.02. The van der Waals surface area contributed by atoms with Crippen molar-refractivity contribution in [1.29, 1.82) is 0 Å². The van der Waals surface area contributed by atoms with E-state index in [4.69, 9.17) is 20.5 Å². The Morgan fingerprint density at radius 3 is 2.15 bits per heavy atom. The Morgan fingerprint density at radius 2 is 1.53 bits per heavy atom. The van der Waals surface area contributed by atoms with Gasteiger partial charge in [-0.1, -0.05) is 35.9 Å². The molecular weight excluding hydrogens is 498 g/mol. The summed E-state index contributed by atoms with van der Waals surface area (Å²) in [7, 11) is -2.53. The lowest BCUT2D eigenvalue weighted by atomic mass is 10.2. The molecule has 4 rings (SSSR count). The Balaban J connectivity index is 1.45. The zero-order valence-corrected chi connectivity index (χ0v) is 20.2. The van der Waals surface area contributed by atoms with E-state index >= 15 is 0 Å². The van der Waals surface area contributed by atoms with Crippen LogP contribution >= 0.6 is 23.4 Å². The summed E-state index contributed by atoms with van der Waals surface area (Å²) >= 11 is 6.73. The Kier molecular flexibility index (Phi) is 6.97. The van der Waals surface area contributed by atoms with Gasteiger partial charge in [0, 0.05) is 5.02 Å². The van der Waals surface area contributed by atoms with E-state index in [0.29, 0.717) is 16.3 Å². The lowest BCUT2D eigenvalue weighted by Gasteiger charge is -2.12. The largest absolute Gasteiger partial charge is 0.497 e. The normalized spacial score (nSPS) is 15.1. The highest BCUT2D eigenvalue weighted by Gasteiger charge is 2.35. The smallest absolute Gasteiger partial charge is 0.339 e. The standard InChI is InChI=1S/C24H18ClNO6S2/c1-31-19-10-12-21(13-11-19)34(29,30)32-20-8-4-16(5-9-20)14-22-23(27)26(24(28)33-22)15-17-2-6-18(25)7-3-17/h2-14H,15H2,1H3/b22-14-. The summed E-state index contributed by atoms with van der Waals surface area (Å²) in [6.45, 7) is 0.148. The molecule has 3 aromatic rings. The number of ether oxygens (including phenoxy) is 1. The monoisotopic (exact) mass is 515 g/mol. The number of nitrogens with zero attached hydrogens (tertiary/aromatic N) is 1. The highest BCUT2D eigenvalue weighted by atomic mass is 35.5. The number of halogens is 1. The van der Waals surface area contributed by atoms with Crippen LogP contribution < -0.4 is 8.92 Å². The molecule has 0 unspecified atom stereocenters. The maximum absolute atomic E-state index is 12.7. The number of carbonyl (C=O) groups is 2. The van der Waals surface area contributed by atoms with Crippen LogP contribution in [0.4, 0.5) is 4.79 Å². The van der Waals surface area contributed by atoms with Crippen LogP contribution in [0.1, 0.15) is 11.1 Å². The average Bonchev–Trinajstić information content (AvgIpc) is 3.09. The third kappa shape index (κ3) is 5.44. The Hall–Kier alpha value is -3.27. The molecular formula is C24H18ClNO6S2. The predicted octanol–water partition coefficient (Wildman–Crippen LogP) is 5.35. The summed E-state index contributed by atoms with van der Waals surface area (Å²) in [6.07, 6.45) is 1.58. The van der Waals surface area contributed by atoms with E-state index < -0.39 is 16.0 Å². The van der Waals surface area contributed by atoms with Crippen molar-refractivity contribution in [1.82, 2.24) is 4.90 Å². The second-order valence-corrected chi connectivity index (χ2v) is 10.2. The third-order valence-corrected chi connectivity index (χ3v) is 7.28. The molecule has 2 amide bonds. The van der Waals surface area contributed by atoms with Crippen LogP contribution in [0.5, 0.6) is 11.5 Å². The number of hydrogen-bond acceptors (Lipinski definition) is 7. The average molecular weight is 516 g/mol. The fourth-order valence-electron chi connectivity index (χ4n) is 3.10. The van der Waals surface area contributed by atoms with Gasteiger partial charge in [0.25, 0.3) is 11.1 Å². The number of methoxy groups -OCH3 is 1. The second kappa shape index (κ2) is 9.92. The highest BCUT2D eigenvalue weighted by Crippen LogP contribution is 2.33. The predicted molar refractivity (Wildman–Crippen MR) is 130 cm³/mol. The molecule has 0 N–H and O–H groups in total. The Labute approximate surface area is 206 Å². The molecule has 0 aliphatic carbocycles. The van der Waals surface area contributed by atoms with Crippen LogP contribution in [0.15, 0.2) is 82.6 Å². The Bertz CT molecular complexity index is 1350. The van der Waals surface area contributed by atoms with E-state index in [1.54, 1.807) is 42.5 Å². The molecule has 0 atom stereocenters. The fraction of sp³-hybridized carbons (Fsp3) is 0.0833. The summed E-state index contributed by atoms with van der Waals surface area (Å²) < 4.78 is 35.2. The van der Waals surface area contributed by atoms with Gasteiger partial charge >= 0.3 is 10.1 Å². The lowest BCUT2D eigenvalue weighted by Crippen LogP contribution is -2.27. The first-order valence-corrected chi connectivity index (χ1v) is 12.5. The second-order valence-electron chi connectivity index (χ2n) is 7.18. The van der Waals surface area contributed by atoms with Crippen LogP contribution in [0.3, 0.4) is 0 Å². The number of amides is 2. The fourth-order valence-corrected chi connectivity index (χ4v) is 4.99. The van der Waals surface area contributed by atoms with Gasteiger partial charge in [-0.3, -0.25) is 14.5 Å². The third-order valence-electron chi connectivity index (χ3n) is 4.86. The van der Waals surface area contributed by atoms with Crippen molar-refractivity contribution < 1.29 is 26.9 Å². The first-order valence-electron chi connectivity index (χ1n) is 9.93. The van der Waals surface area contributed by atoms with Gasteiger partial charge in [-0.05, 0) is 77.5 Å². The molecule has 0 radical (unpaired) electrons. The summed E-state index contributed by atoms with van der Waals surface area (Å²) in [5.74, 6) is 0.247. The molecule has 34 heavy (non-hydrogen) atoms. The molecule has 0 aromatic heterocycles. The molecule has 1 fully saturated rings. The van der Waals surface area contributed by atoms with Crippen molar-refractivity contribution in [3.05, 3.63) is 93.9 Å². The Morgan fingerprint density at radius 1 is 0.912 bits per heavy atom. The lowest BCUT2D eigenvalue weighted by molar-refractivity contribution is -0.123. The van der Waals surface area contributed by atoms with Gasteiger partial charge in [-0.2, -0.15) is 8.42 Å². The SMILES string of the molecule is COc1ccc(S(=O)(=O)Oc2ccc(/C=C3\SC(=O)N(Cc4ccc(Cl)cc4)C3=O)cc2)cc1. The van der Waals surface area contributed by atoms with E-state index in [0.717, 1.165) is 17.3 Å². The van der Waals surface area contributed by atoms with Gasteiger partial charge in [0.2, 0.25) is 0 Å². The van der Waals surface area contributed by atoms with E-state index in [-0.39, 0.29) is 27.3 Å². The van der Waals surface area contributed by atoms with Gasteiger partial charge in [0.1, 0.15) is 16.4 Å². The molecule has 1 aliphatic rings. The van der Waals surface area contributed by atoms with Crippen LogP contribution in [0.2, 0.25) is 5.02 Å². The molecule has 0 bridgehead atoms. The molecule has 1 heterocycles. The van der Waals surface area contributed by atoms with Gasteiger partial charge in [0.05, 0.1) is 18.6 Å². The summed E-state index contributed by atoms with van der Waals surface area (Å²) in [6, 6.07) is 18.9. The van der Waals surface area contributed by atoms with Crippen LogP contribution in [-0.4, -0.2) is 31.6 Å². The molecule has 1 saturated heterocycles. The van der Waals surface area contributed by atoms with Gasteiger partial charge < -0.3 is 8.92 Å². The van der Waals surface area contributed by atoms with E-state index in [1.807, 2.05) is 0 Å².